The molecule has 29 heavy (non-hydrogen) atoms. The smallest absolute Gasteiger partial charge is 0.252 e. The zero-order valence-electron chi connectivity index (χ0n) is 17.1. The first-order chi connectivity index (χ1) is 14.0. The Hall–Kier alpha value is -2.70. The van der Waals surface area contributed by atoms with Crippen LogP contribution in [0.15, 0.2) is 22.9 Å². The van der Waals surface area contributed by atoms with E-state index in [2.05, 4.69) is 15.5 Å². The molecule has 1 saturated carbocycles. The summed E-state index contributed by atoms with van der Waals surface area (Å²) in [6.45, 7) is 5.92. The highest BCUT2D eigenvalue weighted by Gasteiger charge is 2.26. The second kappa shape index (κ2) is 8.35. The Morgan fingerprint density at radius 3 is 2.52 bits per heavy atom. The fourth-order valence-electron chi connectivity index (χ4n) is 3.88. The fraction of sp³-hybridized carbons (Fsp3) is 0.545. The normalized spacial score (nSPS) is 17.4. The van der Waals surface area contributed by atoms with E-state index in [1.54, 1.807) is 6.20 Å². The Balaban J connectivity index is 1.28. The quantitative estimate of drug-likeness (QED) is 0.811. The Kier molecular flexibility index (Phi) is 5.65. The van der Waals surface area contributed by atoms with E-state index < -0.39 is 0 Å². The number of rotatable bonds is 6. The minimum Gasteiger partial charge on any atom is -0.361 e. The lowest BCUT2D eigenvalue weighted by Crippen LogP contribution is -2.39. The fourth-order valence-corrected chi connectivity index (χ4v) is 3.88. The van der Waals surface area contributed by atoms with Crippen molar-refractivity contribution in [3.8, 4) is 0 Å². The van der Waals surface area contributed by atoms with E-state index in [4.69, 9.17) is 4.52 Å². The van der Waals surface area contributed by atoms with Gasteiger partial charge in [0.25, 0.3) is 5.91 Å². The molecule has 0 atom stereocenters. The van der Waals surface area contributed by atoms with Gasteiger partial charge in [0.15, 0.2) is 0 Å². The van der Waals surface area contributed by atoms with Crippen molar-refractivity contribution in [3.63, 3.8) is 0 Å². The summed E-state index contributed by atoms with van der Waals surface area (Å²) >= 11 is 0. The van der Waals surface area contributed by atoms with Gasteiger partial charge in [-0.1, -0.05) is 5.16 Å². The van der Waals surface area contributed by atoms with Crippen molar-refractivity contribution in [3.05, 3.63) is 46.6 Å². The molecule has 154 valence electrons. The van der Waals surface area contributed by atoms with Gasteiger partial charge < -0.3 is 14.7 Å². The molecule has 0 radical (unpaired) electrons. The molecule has 0 unspecified atom stereocenters. The molecule has 0 aromatic carbocycles. The average molecular weight is 396 g/mol. The molecule has 2 amide bonds. The predicted octanol–water partition coefficient (Wildman–Crippen LogP) is 2.77. The number of hydrogen-bond acceptors (Lipinski definition) is 5. The first-order valence-corrected chi connectivity index (χ1v) is 10.4. The van der Waals surface area contributed by atoms with Crippen LogP contribution < -0.4 is 5.32 Å². The number of likely N-dealkylation sites (tertiary alicyclic amines) is 1. The van der Waals surface area contributed by atoms with Gasteiger partial charge in [-0.3, -0.25) is 14.6 Å². The lowest BCUT2D eigenvalue weighted by Gasteiger charge is -2.32. The molecule has 7 nitrogen and oxygen atoms in total. The summed E-state index contributed by atoms with van der Waals surface area (Å²) in [6.07, 6.45) is 6.22. The van der Waals surface area contributed by atoms with Crippen LogP contribution in [-0.4, -0.2) is 46.5 Å². The molecule has 4 rings (SSSR count). The Bertz CT molecular complexity index is 858. The van der Waals surface area contributed by atoms with Gasteiger partial charge in [-0.25, -0.2) is 0 Å². The molecule has 2 fully saturated rings. The van der Waals surface area contributed by atoms with Crippen LogP contribution in [0.5, 0.6) is 0 Å². The standard InChI is InChI=1S/C22H28N4O3/c1-14-19(15(2)29-25-14)11-21(27)26-9-7-17(8-10-26)20-6-5-18(13-23-20)22(28)24-12-16-3-4-16/h5-6,13,16-17H,3-4,7-12H2,1-2H3,(H,24,28). The maximum Gasteiger partial charge on any atom is 0.252 e. The number of nitrogens with one attached hydrogen (secondary N) is 1. The van der Waals surface area contributed by atoms with Crippen LogP contribution in [0, 0.1) is 19.8 Å². The van der Waals surface area contributed by atoms with E-state index in [9.17, 15) is 9.59 Å². The first-order valence-electron chi connectivity index (χ1n) is 10.4. The van der Waals surface area contributed by atoms with Crippen LogP contribution in [0.1, 0.15) is 64.7 Å². The molecule has 2 aliphatic rings. The van der Waals surface area contributed by atoms with Crippen molar-refractivity contribution in [2.45, 2.75) is 51.9 Å². The van der Waals surface area contributed by atoms with Crippen LogP contribution in [0.25, 0.3) is 0 Å². The molecule has 7 heteroatoms. The third kappa shape index (κ3) is 4.66. The highest BCUT2D eigenvalue weighted by Crippen LogP contribution is 2.28. The van der Waals surface area contributed by atoms with Crippen LogP contribution in [-0.2, 0) is 11.2 Å². The third-order valence-electron chi connectivity index (χ3n) is 6.07. The number of aromatic nitrogens is 2. The molecule has 2 aromatic rings. The Labute approximate surface area is 170 Å². The highest BCUT2D eigenvalue weighted by atomic mass is 16.5. The van der Waals surface area contributed by atoms with Gasteiger partial charge in [0, 0.05) is 43.0 Å². The SMILES string of the molecule is Cc1noc(C)c1CC(=O)N1CCC(c2ccc(C(=O)NCC3CC3)cn2)CC1. The van der Waals surface area contributed by atoms with E-state index in [1.165, 1.54) is 12.8 Å². The van der Waals surface area contributed by atoms with E-state index in [1.807, 2.05) is 30.9 Å². The van der Waals surface area contributed by atoms with Crippen LogP contribution in [0.2, 0.25) is 0 Å². The predicted molar refractivity (Wildman–Crippen MR) is 108 cm³/mol. The average Bonchev–Trinajstić information content (AvgIpc) is 3.53. The summed E-state index contributed by atoms with van der Waals surface area (Å²) in [5.74, 6) is 1.78. The van der Waals surface area contributed by atoms with Gasteiger partial charge in [0.2, 0.25) is 5.91 Å². The molecule has 0 bridgehead atoms. The molecule has 0 spiro atoms. The molecule has 3 heterocycles. The molecule has 1 aliphatic carbocycles. The summed E-state index contributed by atoms with van der Waals surface area (Å²) < 4.78 is 5.16. The van der Waals surface area contributed by atoms with Gasteiger partial charge in [0.1, 0.15) is 5.76 Å². The van der Waals surface area contributed by atoms with Crippen LogP contribution >= 0.6 is 0 Å². The van der Waals surface area contributed by atoms with E-state index >= 15 is 0 Å². The van der Waals surface area contributed by atoms with E-state index in [0.717, 1.165) is 55.2 Å². The van der Waals surface area contributed by atoms with Crippen molar-refractivity contribution in [1.29, 1.82) is 0 Å². The zero-order chi connectivity index (χ0) is 20.4. The minimum absolute atomic E-state index is 0.0457. The number of pyridine rings is 1. The first kappa shape index (κ1) is 19.6. The summed E-state index contributed by atoms with van der Waals surface area (Å²) in [4.78, 5) is 31.3. The number of carbonyl (C=O) groups excluding carboxylic acids is 2. The number of nitrogens with zero attached hydrogens (tertiary/aromatic N) is 3. The second-order valence-electron chi connectivity index (χ2n) is 8.26. The number of piperidine rings is 1. The van der Waals surface area contributed by atoms with E-state index in [0.29, 0.717) is 23.8 Å². The lowest BCUT2D eigenvalue weighted by atomic mass is 9.92. The zero-order valence-corrected chi connectivity index (χ0v) is 17.1. The molecule has 1 saturated heterocycles. The number of carbonyl (C=O) groups is 2. The lowest BCUT2D eigenvalue weighted by molar-refractivity contribution is -0.131. The van der Waals surface area contributed by atoms with Gasteiger partial charge in [-0.2, -0.15) is 0 Å². The van der Waals surface area contributed by atoms with Crippen molar-refractivity contribution < 1.29 is 14.1 Å². The van der Waals surface area contributed by atoms with Crippen molar-refractivity contribution >= 4 is 11.8 Å². The van der Waals surface area contributed by atoms with Crippen LogP contribution in [0.4, 0.5) is 0 Å². The monoisotopic (exact) mass is 396 g/mol. The molecular formula is C22H28N4O3. The number of aryl methyl sites for hydroxylation is 2. The highest BCUT2D eigenvalue weighted by molar-refractivity contribution is 5.93. The van der Waals surface area contributed by atoms with Gasteiger partial charge in [-0.05, 0) is 57.6 Å². The summed E-state index contributed by atoms with van der Waals surface area (Å²) in [6, 6.07) is 3.82. The van der Waals surface area contributed by atoms with Crippen molar-refractivity contribution in [2.75, 3.05) is 19.6 Å². The largest absolute Gasteiger partial charge is 0.361 e. The molecule has 2 aromatic heterocycles. The molecule has 1 N–H and O–H groups in total. The third-order valence-corrected chi connectivity index (χ3v) is 6.07. The topological polar surface area (TPSA) is 88.3 Å². The van der Waals surface area contributed by atoms with Crippen LogP contribution in [0.3, 0.4) is 0 Å². The minimum atomic E-state index is -0.0457. The Morgan fingerprint density at radius 2 is 1.93 bits per heavy atom. The second-order valence-corrected chi connectivity index (χ2v) is 8.26. The maximum atomic E-state index is 12.6. The van der Waals surface area contributed by atoms with E-state index in [-0.39, 0.29) is 11.8 Å². The summed E-state index contributed by atoms with van der Waals surface area (Å²) in [7, 11) is 0. The van der Waals surface area contributed by atoms with Gasteiger partial charge in [-0.15, -0.1) is 0 Å². The maximum absolute atomic E-state index is 12.6. The Morgan fingerprint density at radius 1 is 1.17 bits per heavy atom. The number of amides is 2. The molecular weight excluding hydrogens is 368 g/mol. The summed E-state index contributed by atoms with van der Waals surface area (Å²) in [5.41, 5.74) is 3.30. The van der Waals surface area contributed by atoms with Crippen molar-refractivity contribution in [1.82, 2.24) is 20.4 Å². The molecule has 1 aliphatic heterocycles. The summed E-state index contributed by atoms with van der Waals surface area (Å²) in [5, 5.41) is 6.90. The van der Waals surface area contributed by atoms with Crippen molar-refractivity contribution in [2.24, 2.45) is 5.92 Å². The van der Waals surface area contributed by atoms with Gasteiger partial charge >= 0.3 is 0 Å². The van der Waals surface area contributed by atoms with Gasteiger partial charge in [0.05, 0.1) is 17.7 Å². The number of hydrogen-bond donors (Lipinski definition) is 1.